The van der Waals surface area contributed by atoms with Crippen molar-refractivity contribution in [3.63, 3.8) is 0 Å². The van der Waals surface area contributed by atoms with E-state index in [4.69, 9.17) is 4.74 Å². The second kappa shape index (κ2) is 2.89. The van der Waals surface area contributed by atoms with Gasteiger partial charge in [-0.25, -0.2) is 0 Å². The summed E-state index contributed by atoms with van der Waals surface area (Å²) in [7, 11) is 0. The SMILES string of the molecule is CC1C[C@@H](C)C(C)C(O)O1. The van der Waals surface area contributed by atoms with E-state index in [2.05, 4.69) is 6.92 Å². The Hall–Kier alpha value is -0.0800. The Kier molecular flexibility index (Phi) is 2.32. The molecule has 0 bridgehead atoms. The minimum Gasteiger partial charge on any atom is -0.368 e. The molecule has 0 saturated carbocycles. The lowest BCUT2D eigenvalue weighted by Gasteiger charge is -2.34. The summed E-state index contributed by atoms with van der Waals surface area (Å²) in [4.78, 5) is 0. The van der Waals surface area contributed by atoms with E-state index in [1.54, 1.807) is 0 Å². The zero-order valence-corrected chi connectivity index (χ0v) is 6.87. The molecule has 2 nitrogen and oxygen atoms in total. The maximum atomic E-state index is 9.30. The molecule has 3 unspecified atom stereocenters. The second-order valence-electron chi connectivity index (χ2n) is 3.41. The molecule has 2 heteroatoms. The van der Waals surface area contributed by atoms with Crippen molar-refractivity contribution in [1.29, 1.82) is 0 Å². The third-order valence-electron chi connectivity index (χ3n) is 2.42. The smallest absolute Gasteiger partial charge is 0.157 e. The quantitative estimate of drug-likeness (QED) is 0.556. The molecule has 1 fully saturated rings. The lowest BCUT2D eigenvalue weighted by Crippen LogP contribution is -2.37. The molecule has 1 rings (SSSR count). The van der Waals surface area contributed by atoms with Gasteiger partial charge in [-0.1, -0.05) is 13.8 Å². The minimum atomic E-state index is -0.543. The van der Waals surface area contributed by atoms with Gasteiger partial charge < -0.3 is 9.84 Å². The average Bonchev–Trinajstić information content (AvgIpc) is 1.82. The fourth-order valence-corrected chi connectivity index (χ4v) is 1.44. The standard InChI is InChI=1S/C8H16O2/c1-5-4-6(2)10-8(9)7(5)3/h5-9H,4H2,1-3H3/t5-,6?,7?,8?/m1/s1. The van der Waals surface area contributed by atoms with Gasteiger partial charge in [0.2, 0.25) is 0 Å². The first kappa shape index (κ1) is 8.02. The van der Waals surface area contributed by atoms with Crippen molar-refractivity contribution in [1.82, 2.24) is 0 Å². The fourth-order valence-electron chi connectivity index (χ4n) is 1.44. The monoisotopic (exact) mass is 144 g/mol. The highest BCUT2D eigenvalue weighted by atomic mass is 16.6. The Labute approximate surface area is 62.2 Å². The van der Waals surface area contributed by atoms with Crippen molar-refractivity contribution in [3.8, 4) is 0 Å². The molecular weight excluding hydrogens is 128 g/mol. The molecule has 1 aliphatic heterocycles. The number of hydrogen-bond acceptors (Lipinski definition) is 2. The third kappa shape index (κ3) is 1.50. The second-order valence-corrected chi connectivity index (χ2v) is 3.41. The molecule has 10 heavy (non-hydrogen) atoms. The highest BCUT2D eigenvalue weighted by Gasteiger charge is 2.29. The van der Waals surface area contributed by atoms with Crippen molar-refractivity contribution in [2.24, 2.45) is 11.8 Å². The summed E-state index contributed by atoms with van der Waals surface area (Å²) < 4.78 is 5.22. The van der Waals surface area contributed by atoms with E-state index in [0.717, 1.165) is 6.42 Å². The number of aliphatic hydroxyl groups is 1. The van der Waals surface area contributed by atoms with Crippen LogP contribution in [0.15, 0.2) is 0 Å². The summed E-state index contributed by atoms with van der Waals surface area (Å²) in [6.07, 6.45) is 0.748. The van der Waals surface area contributed by atoms with Crippen LogP contribution < -0.4 is 0 Å². The van der Waals surface area contributed by atoms with Gasteiger partial charge >= 0.3 is 0 Å². The van der Waals surface area contributed by atoms with Gasteiger partial charge in [-0.3, -0.25) is 0 Å². The van der Waals surface area contributed by atoms with Crippen LogP contribution in [0.5, 0.6) is 0 Å². The highest BCUT2D eigenvalue weighted by Crippen LogP contribution is 2.28. The van der Waals surface area contributed by atoms with Crippen LogP contribution in [0.1, 0.15) is 27.2 Å². The van der Waals surface area contributed by atoms with Crippen molar-refractivity contribution in [2.45, 2.75) is 39.6 Å². The van der Waals surface area contributed by atoms with E-state index in [0.29, 0.717) is 5.92 Å². The molecule has 1 heterocycles. The molecule has 1 saturated heterocycles. The zero-order chi connectivity index (χ0) is 7.72. The number of aliphatic hydroxyl groups excluding tert-OH is 1. The van der Waals surface area contributed by atoms with Crippen molar-refractivity contribution >= 4 is 0 Å². The molecule has 4 atom stereocenters. The molecular formula is C8H16O2. The van der Waals surface area contributed by atoms with Gasteiger partial charge in [0.05, 0.1) is 6.10 Å². The number of hydrogen-bond donors (Lipinski definition) is 1. The first-order valence-corrected chi connectivity index (χ1v) is 3.94. The van der Waals surface area contributed by atoms with Gasteiger partial charge in [-0.2, -0.15) is 0 Å². The Balaban J connectivity index is 2.49. The van der Waals surface area contributed by atoms with Crippen LogP contribution in [0.4, 0.5) is 0 Å². The molecule has 0 amide bonds. The van der Waals surface area contributed by atoms with Gasteiger partial charge in [-0.05, 0) is 19.3 Å². The van der Waals surface area contributed by atoms with Crippen LogP contribution >= 0.6 is 0 Å². The van der Waals surface area contributed by atoms with E-state index in [1.807, 2.05) is 13.8 Å². The largest absolute Gasteiger partial charge is 0.368 e. The van der Waals surface area contributed by atoms with Crippen molar-refractivity contribution in [2.75, 3.05) is 0 Å². The maximum absolute atomic E-state index is 9.30. The van der Waals surface area contributed by atoms with E-state index in [1.165, 1.54) is 0 Å². The molecule has 60 valence electrons. The molecule has 0 radical (unpaired) electrons. The summed E-state index contributed by atoms with van der Waals surface area (Å²) in [6.45, 7) is 6.19. The predicted molar refractivity (Wildman–Crippen MR) is 39.5 cm³/mol. The van der Waals surface area contributed by atoms with Crippen LogP contribution in [0.25, 0.3) is 0 Å². The van der Waals surface area contributed by atoms with Gasteiger partial charge in [0.1, 0.15) is 0 Å². The normalized spacial score (nSPS) is 49.2. The van der Waals surface area contributed by atoms with Crippen LogP contribution in [-0.4, -0.2) is 17.5 Å². The average molecular weight is 144 g/mol. The lowest BCUT2D eigenvalue weighted by atomic mass is 9.88. The summed E-state index contributed by atoms with van der Waals surface area (Å²) >= 11 is 0. The zero-order valence-electron chi connectivity index (χ0n) is 6.87. The molecule has 0 aromatic carbocycles. The third-order valence-corrected chi connectivity index (χ3v) is 2.42. The minimum absolute atomic E-state index is 0.223. The van der Waals surface area contributed by atoms with E-state index in [9.17, 15) is 5.11 Å². The Bertz CT molecular complexity index is 102. The Morgan fingerprint density at radius 1 is 1.30 bits per heavy atom. The number of ether oxygens (including phenoxy) is 1. The van der Waals surface area contributed by atoms with E-state index >= 15 is 0 Å². The maximum Gasteiger partial charge on any atom is 0.157 e. The summed E-state index contributed by atoms with van der Waals surface area (Å²) in [6, 6.07) is 0. The van der Waals surface area contributed by atoms with Crippen LogP contribution in [0.3, 0.4) is 0 Å². The van der Waals surface area contributed by atoms with Crippen molar-refractivity contribution < 1.29 is 9.84 Å². The van der Waals surface area contributed by atoms with Gasteiger partial charge in [-0.15, -0.1) is 0 Å². The summed E-state index contributed by atoms with van der Waals surface area (Å²) in [5.41, 5.74) is 0. The van der Waals surface area contributed by atoms with Gasteiger partial charge in [0.25, 0.3) is 0 Å². The fraction of sp³-hybridized carbons (Fsp3) is 1.00. The Morgan fingerprint density at radius 2 is 1.90 bits per heavy atom. The molecule has 0 aliphatic carbocycles. The number of rotatable bonds is 0. The van der Waals surface area contributed by atoms with Gasteiger partial charge in [0, 0.05) is 5.92 Å². The first-order chi connectivity index (χ1) is 4.61. The predicted octanol–water partition coefficient (Wildman–Crippen LogP) is 1.39. The van der Waals surface area contributed by atoms with Crippen molar-refractivity contribution in [3.05, 3.63) is 0 Å². The topological polar surface area (TPSA) is 29.5 Å². The molecule has 0 aromatic heterocycles. The molecule has 0 spiro atoms. The van der Waals surface area contributed by atoms with Crippen LogP contribution in [0.2, 0.25) is 0 Å². The summed E-state index contributed by atoms with van der Waals surface area (Å²) in [5.74, 6) is 0.870. The molecule has 1 N–H and O–H groups in total. The molecule has 0 aromatic rings. The summed E-state index contributed by atoms with van der Waals surface area (Å²) in [5, 5.41) is 9.30. The first-order valence-electron chi connectivity index (χ1n) is 3.94. The van der Waals surface area contributed by atoms with Gasteiger partial charge in [0.15, 0.2) is 6.29 Å². The van der Waals surface area contributed by atoms with E-state index in [-0.39, 0.29) is 12.0 Å². The van der Waals surface area contributed by atoms with Crippen LogP contribution in [0, 0.1) is 11.8 Å². The molecule has 1 aliphatic rings. The Morgan fingerprint density at radius 3 is 2.40 bits per heavy atom. The highest BCUT2D eigenvalue weighted by molar-refractivity contribution is 4.73. The van der Waals surface area contributed by atoms with Crippen LogP contribution in [-0.2, 0) is 4.74 Å². The lowest BCUT2D eigenvalue weighted by molar-refractivity contribution is -0.199. The van der Waals surface area contributed by atoms with E-state index < -0.39 is 6.29 Å².